The van der Waals surface area contributed by atoms with E-state index in [1.807, 2.05) is 6.07 Å². The number of nitrogens with zero attached hydrogens (tertiary/aromatic N) is 2. The number of hydrogen-bond acceptors (Lipinski definition) is 6. The Hall–Kier alpha value is -2.78. The minimum absolute atomic E-state index is 0.236. The van der Waals surface area contributed by atoms with Crippen molar-refractivity contribution in [1.82, 2.24) is 9.97 Å². The van der Waals surface area contributed by atoms with Gasteiger partial charge in [0.05, 0.1) is 30.3 Å². The molecule has 0 spiro atoms. The number of hydrogen-bond donors (Lipinski definition) is 2. The van der Waals surface area contributed by atoms with Crippen molar-refractivity contribution in [2.24, 2.45) is 0 Å². The normalized spacial score (nSPS) is 24.1. The summed E-state index contributed by atoms with van der Waals surface area (Å²) in [6.07, 6.45) is 10.9. The second kappa shape index (κ2) is 8.93. The van der Waals surface area contributed by atoms with E-state index >= 15 is 0 Å². The molecule has 0 bridgehead atoms. The van der Waals surface area contributed by atoms with Crippen molar-refractivity contribution in [2.45, 2.75) is 69.0 Å². The van der Waals surface area contributed by atoms with Crippen LogP contribution in [0.25, 0.3) is 0 Å². The van der Waals surface area contributed by atoms with Crippen LogP contribution in [0.4, 0.5) is 5.95 Å². The zero-order valence-electron chi connectivity index (χ0n) is 17.4. The van der Waals surface area contributed by atoms with Crippen LogP contribution in [0, 0.1) is 11.8 Å². The largest absolute Gasteiger partial charge is 0.493 e. The van der Waals surface area contributed by atoms with Gasteiger partial charge >= 0.3 is 0 Å². The molecule has 0 amide bonds. The van der Waals surface area contributed by atoms with Crippen LogP contribution in [0.15, 0.2) is 30.6 Å². The third-order valence-electron chi connectivity index (χ3n) is 6.24. The second-order valence-electron chi connectivity index (χ2n) is 8.28. The summed E-state index contributed by atoms with van der Waals surface area (Å²) in [4.78, 5) is 8.06. The van der Waals surface area contributed by atoms with Gasteiger partial charge in [-0.05, 0) is 69.1 Å². The Kier molecular flexibility index (Phi) is 6.10. The Labute approximate surface area is 177 Å². The van der Waals surface area contributed by atoms with E-state index in [1.165, 1.54) is 12.8 Å². The van der Waals surface area contributed by atoms with Gasteiger partial charge in [0, 0.05) is 12.4 Å². The number of aliphatic hydroxyl groups is 1. The van der Waals surface area contributed by atoms with E-state index in [1.54, 1.807) is 19.5 Å². The number of aliphatic hydroxyl groups excluding tert-OH is 1. The molecule has 0 saturated heterocycles. The van der Waals surface area contributed by atoms with E-state index in [4.69, 9.17) is 15.2 Å². The van der Waals surface area contributed by atoms with Gasteiger partial charge in [-0.15, -0.1) is 0 Å². The summed E-state index contributed by atoms with van der Waals surface area (Å²) in [5.41, 5.74) is 7.06. The lowest BCUT2D eigenvalue weighted by molar-refractivity contribution is 0.110. The van der Waals surface area contributed by atoms with Crippen molar-refractivity contribution >= 4 is 5.95 Å². The van der Waals surface area contributed by atoms with Crippen LogP contribution in [-0.4, -0.2) is 34.4 Å². The Balaban J connectivity index is 1.69. The average Bonchev–Trinajstić information content (AvgIpc) is 3.28. The lowest BCUT2D eigenvalue weighted by atomic mass is 9.69. The molecule has 1 heterocycles. The topological polar surface area (TPSA) is 90.5 Å². The second-order valence-corrected chi connectivity index (χ2v) is 8.28. The van der Waals surface area contributed by atoms with Crippen molar-refractivity contribution in [2.75, 3.05) is 12.8 Å². The van der Waals surface area contributed by atoms with E-state index in [2.05, 4.69) is 33.9 Å². The Morgan fingerprint density at radius 3 is 2.43 bits per heavy atom. The highest BCUT2D eigenvalue weighted by molar-refractivity contribution is 5.49. The predicted octanol–water partition coefficient (Wildman–Crippen LogP) is 3.61. The van der Waals surface area contributed by atoms with Crippen LogP contribution in [0.3, 0.4) is 0 Å². The van der Waals surface area contributed by atoms with Crippen molar-refractivity contribution in [3.8, 4) is 23.3 Å². The van der Waals surface area contributed by atoms with Gasteiger partial charge in [-0.3, -0.25) is 0 Å². The number of aromatic nitrogens is 2. The molecule has 2 aliphatic carbocycles. The molecule has 2 saturated carbocycles. The van der Waals surface area contributed by atoms with Crippen LogP contribution in [0.2, 0.25) is 0 Å². The summed E-state index contributed by atoms with van der Waals surface area (Å²) in [7, 11) is 1.67. The third kappa shape index (κ3) is 4.52. The quantitative estimate of drug-likeness (QED) is 0.753. The van der Waals surface area contributed by atoms with Gasteiger partial charge in [-0.2, -0.15) is 0 Å². The van der Waals surface area contributed by atoms with Crippen molar-refractivity contribution in [1.29, 1.82) is 0 Å². The number of nitrogens with two attached hydrogens (primary N) is 1. The maximum Gasteiger partial charge on any atom is 0.219 e. The van der Waals surface area contributed by atoms with Crippen LogP contribution in [0.1, 0.15) is 62.5 Å². The molecule has 0 aliphatic heterocycles. The third-order valence-corrected chi connectivity index (χ3v) is 6.24. The number of ether oxygens (including phenoxy) is 2. The highest BCUT2D eigenvalue weighted by atomic mass is 16.5. The van der Waals surface area contributed by atoms with Gasteiger partial charge in [0.15, 0.2) is 11.5 Å². The molecule has 3 N–H and O–H groups in total. The molecule has 4 rings (SSSR count). The monoisotopic (exact) mass is 407 g/mol. The van der Waals surface area contributed by atoms with Gasteiger partial charge in [0.1, 0.15) is 0 Å². The molecule has 2 fully saturated rings. The van der Waals surface area contributed by atoms with E-state index in [0.717, 1.165) is 61.2 Å². The van der Waals surface area contributed by atoms with Crippen LogP contribution in [-0.2, 0) is 5.41 Å². The molecule has 2 aliphatic rings. The zero-order chi connectivity index (χ0) is 21.0. The molecule has 2 aromatic rings. The molecule has 158 valence electrons. The lowest BCUT2D eigenvalue weighted by Crippen LogP contribution is -2.32. The number of methoxy groups -OCH3 is 1. The SMILES string of the molecule is COc1ccc(C2(C#Cc3cnc(N)nc3)CCC(O)CC2)cc1OC1CCCC1. The molecule has 0 radical (unpaired) electrons. The van der Waals surface area contributed by atoms with Crippen LogP contribution < -0.4 is 15.2 Å². The minimum atomic E-state index is -0.360. The molecular weight excluding hydrogens is 378 g/mol. The Morgan fingerprint density at radius 2 is 1.77 bits per heavy atom. The fourth-order valence-electron chi connectivity index (χ4n) is 4.43. The van der Waals surface area contributed by atoms with Crippen molar-refractivity contribution in [3.63, 3.8) is 0 Å². The van der Waals surface area contributed by atoms with E-state index in [-0.39, 0.29) is 23.6 Å². The summed E-state index contributed by atoms with van der Waals surface area (Å²) in [5, 5.41) is 10.1. The zero-order valence-corrected chi connectivity index (χ0v) is 17.4. The summed E-state index contributed by atoms with van der Waals surface area (Å²) >= 11 is 0. The maximum atomic E-state index is 10.1. The first kappa shape index (κ1) is 20.5. The first-order valence-corrected chi connectivity index (χ1v) is 10.7. The van der Waals surface area contributed by atoms with Gasteiger partial charge in [-0.25, -0.2) is 9.97 Å². The fraction of sp³-hybridized carbons (Fsp3) is 0.500. The maximum absolute atomic E-state index is 10.1. The van der Waals surface area contributed by atoms with E-state index in [9.17, 15) is 5.11 Å². The molecule has 0 atom stereocenters. The molecule has 30 heavy (non-hydrogen) atoms. The van der Waals surface area contributed by atoms with Crippen molar-refractivity contribution in [3.05, 3.63) is 41.7 Å². The van der Waals surface area contributed by atoms with Gasteiger partial charge < -0.3 is 20.3 Å². The Bertz CT molecular complexity index is 919. The standard InChI is InChI=1S/C24H29N3O3/c1-29-21-7-6-18(14-22(21)30-20-4-2-3-5-20)24(12-9-19(28)10-13-24)11-8-17-15-26-23(25)27-16-17/h6-7,14-16,19-20,28H,2-5,9-10,12-13H2,1H3,(H2,25,26,27). The molecule has 0 unspecified atom stereocenters. The number of rotatable bonds is 4. The lowest BCUT2D eigenvalue weighted by Gasteiger charge is -2.35. The Morgan fingerprint density at radius 1 is 1.07 bits per heavy atom. The average molecular weight is 408 g/mol. The molecule has 6 nitrogen and oxygen atoms in total. The van der Waals surface area contributed by atoms with Gasteiger partial charge in [0.25, 0.3) is 0 Å². The molecule has 1 aromatic carbocycles. The predicted molar refractivity (Wildman–Crippen MR) is 115 cm³/mol. The molecular formula is C24H29N3O3. The van der Waals surface area contributed by atoms with E-state index < -0.39 is 0 Å². The fourth-order valence-corrected chi connectivity index (χ4v) is 4.43. The smallest absolute Gasteiger partial charge is 0.219 e. The molecule has 6 heteroatoms. The first-order chi connectivity index (χ1) is 14.6. The number of anilines is 1. The van der Waals surface area contributed by atoms with Crippen LogP contribution >= 0.6 is 0 Å². The van der Waals surface area contributed by atoms with Crippen LogP contribution in [0.5, 0.6) is 11.5 Å². The molecule has 1 aromatic heterocycles. The highest BCUT2D eigenvalue weighted by Gasteiger charge is 2.36. The number of nitrogen functional groups attached to an aromatic ring is 1. The van der Waals surface area contributed by atoms with Gasteiger partial charge in [-0.1, -0.05) is 17.9 Å². The van der Waals surface area contributed by atoms with Crippen molar-refractivity contribution < 1.29 is 14.6 Å². The minimum Gasteiger partial charge on any atom is -0.493 e. The summed E-state index contributed by atoms with van der Waals surface area (Å²) in [6.45, 7) is 0. The summed E-state index contributed by atoms with van der Waals surface area (Å²) in [5.74, 6) is 8.49. The highest BCUT2D eigenvalue weighted by Crippen LogP contribution is 2.43. The van der Waals surface area contributed by atoms with Gasteiger partial charge in [0.2, 0.25) is 5.95 Å². The first-order valence-electron chi connectivity index (χ1n) is 10.7. The van der Waals surface area contributed by atoms with E-state index in [0.29, 0.717) is 0 Å². The number of benzene rings is 1. The summed E-state index contributed by atoms with van der Waals surface area (Å²) in [6, 6.07) is 6.13. The summed E-state index contributed by atoms with van der Waals surface area (Å²) < 4.78 is 11.9.